The summed E-state index contributed by atoms with van der Waals surface area (Å²) in [7, 11) is 0. The molecule has 4 N–H and O–H groups in total. The van der Waals surface area contributed by atoms with Crippen LogP contribution >= 0.6 is 0 Å². The Morgan fingerprint density at radius 1 is 0.727 bits per heavy atom. The summed E-state index contributed by atoms with van der Waals surface area (Å²) in [6, 6.07) is 8.43. The molecule has 0 saturated heterocycles. The maximum atomic E-state index is 12.3. The summed E-state index contributed by atoms with van der Waals surface area (Å²) in [6.07, 6.45) is -4.26. The number of hydrogen-bond donors (Lipinski definition) is 2. The predicted octanol–water partition coefficient (Wildman–Crippen LogP) is 3.59. The molecule has 2 nitrogen and oxygen atoms in total. The highest BCUT2D eigenvalue weighted by Crippen LogP contribution is 2.28. The molecule has 0 amide bonds. The predicted molar refractivity (Wildman–Crippen MR) is 73.6 cm³/mol. The van der Waals surface area contributed by atoms with Crippen molar-refractivity contribution in [3.8, 4) is 0 Å². The first-order valence-corrected chi connectivity index (χ1v) is 6.28. The number of rotatable bonds is 2. The van der Waals surface area contributed by atoms with Gasteiger partial charge in [0, 0.05) is 13.1 Å². The second-order valence-corrected chi connectivity index (χ2v) is 4.35. The van der Waals surface area contributed by atoms with Gasteiger partial charge in [-0.15, -0.1) is 0 Å². The molecule has 2 aromatic carbocycles. The van der Waals surface area contributed by atoms with Crippen LogP contribution in [-0.2, 0) is 19.3 Å². The standard InChI is InChI=1S/C8H8F3N.C7H7F2N/c9-8(10,11)7-3-1-6(5-12)2-4-7;8-6-2-1-5(4-10)3-7(6)9/h1-4H,5,12H2;1-3H,4,10H2. The average molecular weight is 318 g/mol. The molecule has 0 radical (unpaired) electrons. The third-order valence-corrected chi connectivity index (χ3v) is 2.74. The fourth-order valence-corrected chi connectivity index (χ4v) is 1.50. The van der Waals surface area contributed by atoms with Gasteiger partial charge >= 0.3 is 6.18 Å². The minimum atomic E-state index is -4.26. The number of halogens is 5. The van der Waals surface area contributed by atoms with Gasteiger partial charge in [-0.05, 0) is 35.4 Å². The fourth-order valence-electron chi connectivity index (χ4n) is 1.50. The SMILES string of the molecule is NCc1ccc(C(F)(F)F)cc1.NCc1ccc(F)c(F)c1. The van der Waals surface area contributed by atoms with Crippen molar-refractivity contribution in [3.05, 3.63) is 70.8 Å². The van der Waals surface area contributed by atoms with E-state index in [9.17, 15) is 22.0 Å². The zero-order chi connectivity index (χ0) is 16.8. The Labute approximate surface area is 124 Å². The molecule has 0 fully saturated rings. The second kappa shape index (κ2) is 7.86. The Bertz CT molecular complexity index is 594. The quantitative estimate of drug-likeness (QED) is 0.832. The number of benzene rings is 2. The topological polar surface area (TPSA) is 52.0 Å². The van der Waals surface area contributed by atoms with Crippen LogP contribution in [-0.4, -0.2) is 0 Å². The molecule has 0 aromatic heterocycles. The molecule has 0 atom stereocenters. The Morgan fingerprint density at radius 3 is 1.64 bits per heavy atom. The van der Waals surface area contributed by atoms with Gasteiger partial charge in [-0.25, -0.2) is 8.78 Å². The van der Waals surface area contributed by atoms with E-state index in [1.165, 1.54) is 18.2 Å². The number of nitrogens with two attached hydrogens (primary N) is 2. The largest absolute Gasteiger partial charge is 0.416 e. The molecular formula is C15H15F5N2. The van der Waals surface area contributed by atoms with Crippen molar-refractivity contribution in [1.82, 2.24) is 0 Å². The third-order valence-electron chi connectivity index (χ3n) is 2.74. The van der Waals surface area contributed by atoms with Crippen LogP contribution in [0.25, 0.3) is 0 Å². The van der Waals surface area contributed by atoms with E-state index in [1.54, 1.807) is 0 Å². The molecule has 2 rings (SSSR count). The van der Waals surface area contributed by atoms with Crippen LogP contribution in [0.1, 0.15) is 16.7 Å². The molecule has 0 aliphatic rings. The number of hydrogen-bond acceptors (Lipinski definition) is 2. The highest BCUT2D eigenvalue weighted by molar-refractivity contribution is 5.24. The van der Waals surface area contributed by atoms with E-state index in [4.69, 9.17) is 11.5 Å². The Balaban J connectivity index is 0.000000224. The summed E-state index contributed by atoms with van der Waals surface area (Å²) in [5.74, 6) is -1.68. The highest BCUT2D eigenvalue weighted by atomic mass is 19.4. The molecule has 2 aromatic rings. The van der Waals surface area contributed by atoms with Crippen LogP contribution < -0.4 is 11.5 Å². The zero-order valence-corrected chi connectivity index (χ0v) is 11.5. The zero-order valence-electron chi connectivity index (χ0n) is 11.5. The Kier molecular flexibility index (Phi) is 6.45. The Hall–Kier alpha value is -1.99. The van der Waals surface area contributed by atoms with Crippen molar-refractivity contribution in [3.63, 3.8) is 0 Å². The first kappa shape index (κ1) is 18.1. The van der Waals surface area contributed by atoms with Crippen LogP contribution in [0.3, 0.4) is 0 Å². The average Bonchev–Trinajstić information content (AvgIpc) is 2.50. The summed E-state index contributed by atoms with van der Waals surface area (Å²) >= 11 is 0. The van der Waals surface area contributed by atoms with E-state index >= 15 is 0 Å². The molecular weight excluding hydrogens is 303 g/mol. The van der Waals surface area contributed by atoms with Gasteiger partial charge in [0.1, 0.15) is 0 Å². The van der Waals surface area contributed by atoms with Gasteiger partial charge in [-0.1, -0.05) is 18.2 Å². The molecule has 7 heteroatoms. The molecule has 0 aliphatic carbocycles. The molecule has 120 valence electrons. The molecule has 0 unspecified atom stereocenters. The summed E-state index contributed by atoms with van der Waals surface area (Å²) < 4.78 is 60.5. The van der Waals surface area contributed by atoms with Crippen molar-refractivity contribution in [2.45, 2.75) is 19.3 Å². The lowest BCUT2D eigenvalue weighted by Gasteiger charge is -2.06. The van der Waals surface area contributed by atoms with Crippen molar-refractivity contribution >= 4 is 0 Å². The van der Waals surface area contributed by atoms with Crippen molar-refractivity contribution in [2.24, 2.45) is 11.5 Å². The molecule has 0 aliphatic heterocycles. The number of alkyl halides is 3. The third kappa shape index (κ3) is 5.42. The van der Waals surface area contributed by atoms with Gasteiger partial charge in [-0.2, -0.15) is 13.2 Å². The maximum Gasteiger partial charge on any atom is 0.416 e. The first-order valence-electron chi connectivity index (χ1n) is 6.28. The van der Waals surface area contributed by atoms with Crippen LogP contribution in [0.15, 0.2) is 42.5 Å². The lowest BCUT2D eigenvalue weighted by Crippen LogP contribution is -2.05. The van der Waals surface area contributed by atoms with E-state index in [1.807, 2.05) is 0 Å². The van der Waals surface area contributed by atoms with E-state index in [0.29, 0.717) is 11.1 Å². The minimum Gasteiger partial charge on any atom is -0.326 e. The van der Waals surface area contributed by atoms with Gasteiger partial charge in [0.2, 0.25) is 0 Å². The molecule has 22 heavy (non-hydrogen) atoms. The van der Waals surface area contributed by atoms with Crippen LogP contribution in [0.5, 0.6) is 0 Å². The highest BCUT2D eigenvalue weighted by Gasteiger charge is 2.29. The summed E-state index contributed by atoms with van der Waals surface area (Å²) in [5, 5.41) is 0. The first-order chi connectivity index (χ1) is 10.3. The van der Waals surface area contributed by atoms with Crippen molar-refractivity contribution in [2.75, 3.05) is 0 Å². The van der Waals surface area contributed by atoms with Gasteiger partial charge < -0.3 is 11.5 Å². The van der Waals surface area contributed by atoms with E-state index in [2.05, 4.69) is 0 Å². The second-order valence-electron chi connectivity index (χ2n) is 4.35. The summed E-state index contributed by atoms with van der Waals surface area (Å²) in [6.45, 7) is 0.495. The molecule has 0 spiro atoms. The van der Waals surface area contributed by atoms with Gasteiger partial charge in [0.05, 0.1) is 5.56 Å². The normalized spacial score (nSPS) is 10.9. The van der Waals surface area contributed by atoms with E-state index < -0.39 is 23.4 Å². The monoisotopic (exact) mass is 318 g/mol. The lowest BCUT2D eigenvalue weighted by atomic mass is 10.1. The van der Waals surface area contributed by atoms with Crippen molar-refractivity contribution < 1.29 is 22.0 Å². The summed E-state index contributed by atoms with van der Waals surface area (Å²) in [5.41, 5.74) is 11.1. The van der Waals surface area contributed by atoms with Gasteiger partial charge in [0.15, 0.2) is 11.6 Å². The molecule has 0 heterocycles. The van der Waals surface area contributed by atoms with Crippen LogP contribution in [0.2, 0.25) is 0 Å². The smallest absolute Gasteiger partial charge is 0.326 e. The van der Waals surface area contributed by atoms with Gasteiger partial charge in [0.25, 0.3) is 0 Å². The van der Waals surface area contributed by atoms with Crippen LogP contribution in [0, 0.1) is 11.6 Å². The lowest BCUT2D eigenvalue weighted by molar-refractivity contribution is -0.137. The van der Waals surface area contributed by atoms with E-state index in [-0.39, 0.29) is 13.1 Å². The maximum absolute atomic E-state index is 12.3. The van der Waals surface area contributed by atoms with Gasteiger partial charge in [-0.3, -0.25) is 0 Å². The van der Waals surface area contributed by atoms with Crippen molar-refractivity contribution in [1.29, 1.82) is 0 Å². The molecule has 0 bridgehead atoms. The Morgan fingerprint density at radius 2 is 1.23 bits per heavy atom. The van der Waals surface area contributed by atoms with E-state index in [0.717, 1.165) is 24.3 Å². The van der Waals surface area contributed by atoms with Crippen LogP contribution in [0.4, 0.5) is 22.0 Å². The molecule has 0 saturated carbocycles. The minimum absolute atomic E-state index is 0.233. The fraction of sp³-hybridized carbons (Fsp3) is 0.200. The summed E-state index contributed by atoms with van der Waals surface area (Å²) in [4.78, 5) is 0.